The Hall–Kier alpha value is -2.19. The summed E-state index contributed by atoms with van der Waals surface area (Å²) in [5.74, 6) is 2.79. The average Bonchev–Trinajstić information content (AvgIpc) is 3.38. The first-order valence-electron chi connectivity index (χ1n) is 11.0. The van der Waals surface area contributed by atoms with E-state index < -0.39 is 0 Å². The van der Waals surface area contributed by atoms with Crippen molar-refractivity contribution < 1.29 is 4.74 Å². The first-order chi connectivity index (χ1) is 14.3. The molecule has 4 heterocycles. The van der Waals surface area contributed by atoms with Crippen LogP contribution in [-0.4, -0.2) is 89.4 Å². The zero-order chi connectivity index (χ0) is 19.9. The fourth-order valence-corrected chi connectivity index (χ4v) is 4.23. The molecule has 8 nitrogen and oxygen atoms in total. The monoisotopic (exact) mass is 399 g/mol. The average molecular weight is 400 g/mol. The number of rotatable bonds is 7. The summed E-state index contributed by atoms with van der Waals surface area (Å²) in [6.45, 7) is 11.1. The van der Waals surface area contributed by atoms with Crippen LogP contribution in [0.5, 0.6) is 0 Å². The number of morpholine rings is 1. The van der Waals surface area contributed by atoms with Gasteiger partial charge in [-0.05, 0) is 37.8 Å². The largest absolute Gasteiger partial charge is 0.379 e. The normalized spacial score (nSPS) is 21.2. The summed E-state index contributed by atoms with van der Waals surface area (Å²) in [5.41, 5.74) is 0.905. The van der Waals surface area contributed by atoms with Gasteiger partial charge in [0.2, 0.25) is 0 Å². The van der Waals surface area contributed by atoms with Crippen molar-refractivity contribution in [3.05, 3.63) is 30.2 Å². The van der Waals surface area contributed by atoms with Crippen LogP contribution in [-0.2, 0) is 11.2 Å². The Kier molecular flexibility index (Phi) is 6.95. The van der Waals surface area contributed by atoms with E-state index in [1.165, 1.54) is 13.0 Å². The van der Waals surface area contributed by atoms with Gasteiger partial charge in [-0.25, -0.2) is 0 Å². The fourth-order valence-electron chi connectivity index (χ4n) is 4.23. The van der Waals surface area contributed by atoms with E-state index in [4.69, 9.17) is 9.73 Å². The van der Waals surface area contributed by atoms with Crippen LogP contribution in [0.4, 0.5) is 0 Å². The van der Waals surface area contributed by atoms with Gasteiger partial charge in [0.05, 0.1) is 13.2 Å². The molecule has 2 aromatic rings. The van der Waals surface area contributed by atoms with Gasteiger partial charge in [-0.1, -0.05) is 6.07 Å². The van der Waals surface area contributed by atoms with Crippen LogP contribution in [0.25, 0.3) is 5.65 Å². The van der Waals surface area contributed by atoms with Crippen LogP contribution in [0.2, 0.25) is 0 Å². The molecule has 29 heavy (non-hydrogen) atoms. The Labute approximate surface area is 172 Å². The van der Waals surface area contributed by atoms with E-state index in [1.807, 2.05) is 24.4 Å². The minimum atomic E-state index is 0.722. The molecule has 0 saturated carbocycles. The Morgan fingerprint density at radius 2 is 2.14 bits per heavy atom. The van der Waals surface area contributed by atoms with E-state index in [0.717, 1.165) is 88.7 Å². The number of nitrogens with zero attached hydrogens (tertiary/aromatic N) is 6. The number of hydrogen-bond acceptors (Lipinski definition) is 5. The molecule has 1 atom stereocenters. The summed E-state index contributed by atoms with van der Waals surface area (Å²) in [5, 5.41) is 12.0. The summed E-state index contributed by atoms with van der Waals surface area (Å²) >= 11 is 0. The van der Waals surface area contributed by atoms with Gasteiger partial charge in [-0.15, -0.1) is 10.2 Å². The summed E-state index contributed by atoms with van der Waals surface area (Å²) in [6, 6.07) is 5.99. The number of pyridine rings is 1. The predicted octanol–water partition coefficient (Wildman–Crippen LogP) is 1.28. The van der Waals surface area contributed by atoms with Gasteiger partial charge < -0.3 is 15.0 Å². The van der Waals surface area contributed by atoms with Gasteiger partial charge in [0.15, 0.2) is 11.6 Å². The lowest BCUT2D eigenvalue weighted by molar-refractivity contribution is 0.0315. The third-order valence-electron chi connectivity index (χ3n) is 5.74. The van der Waals surface area contributed by atoms with Crippen molar-refractivity contribution >= 4 is 11.6 Å². The minimum absolute atomic E-state index is 0.722. The molecule has 0 aromatic carbocycles. The second-order valence-corrected chi connectivity index (χ2v) is 7.90. The lowest BCUT2D eigenvalue weighted by atomic mass is 10.1. The smallest absolute Gasteiger partial charge is 0.193 e. The highest BCUT2D eigenvalue weighted by Gasteiger charge is 2.27. The molecule has 0 aliphatic carbocycles. The molecule has 2 aromatic heterocycles. The number of hydrogen-bond donors (Lipinski definition) is 1. The number of guanidine groups is 1. The SMILES string of the molecule is CCNC(=NCCCc1nnc2ccccn12)N1CCC(CN2CCOCC2)C1. The summed E-state index contributed by atoms with van der Waals surface area (Å²) in [4.78, 5) is 9.87. The molecule has 2 aliphatic rings. The Morgan fingerprint density at radius 3 is 3.00 bits per heavy atom. The van der Waals surface area contributed by atoms with Crippen LogP contribution in [0.1, 0.15) is 25.6 Å². The van der Waals surface area contributed by atoms with Gasteiger partial charge in [-0.2, -0.15) is 0 Å². The van der Waals surface area contributed by atoms with Crippen LogP contribution < -0.4 is 5.32 Å². The van der Waals surface area contributed by atoms with E-state index in [9.17, 15) is 0 Å². The molecule has 0 bridgehead atoms. The minimum Gasteiger partial charge on any atom is -0.379 e. The Bertz CT molecular complexity index is 799. The maximum Gasteiger partial charge on any atom is 0.193 e. The van der Waals surface area contributed by atoms with Crippen molar-refractivity contribution in [1.29, 1.82) is 0 Å². The molecule has 2 fully saturated rings. The molecular weight excluding hydrogens is 366 g/mol. The number of fused-ring (bicyclic) bond motifs is 1. The number of nitrogens with one attached hydrogen (secondary N) is 1. The summed E-state index contributed by atoms with van der Waals surface area (Å²) in [6.07, 6.45) is 5.12. The van der Waals surface area contributed by atoms with Gasteiger partial charge in [-0.3, -0.25) is 14.3 Å². The highest BCUT2D eigenvalue weighted by molar-refractivity contribution is 5.80. The molecule has 0 radical (unpaired) electrons. The second-order valence-electron chi connectivity index (χ2n) is 7.90. The van der Waals surface area contributed by atoms with Crippen LogP contribution in [0.15, 0.2) is 29.4 Å². The third-order valence-corrected chi connectivity index (χ3v) is 5.74. The molecular formula is C21H33N7O. The van der Waals surface area contributed by atoms with Gasteiger partial charge in [0, 0.05) is 58.4 Å². The van der Waals surface area contributed by atoms with Crippen molar-refractivity contribution in [3.8, 4) is 0 Å². The number of aryl methyl sites for hydroxylation is 1. The second kappa shape index (κ2) is 10.0. The van der Waals surface area contributed by atoms with E-state index in [2.05, 4.69) is 36.6 Å². The summed E-state index contributed by atoms with van der Waals surface area (Å²) < 4.78 is 7.53. The van der Waals surface area contributed by atoms with Gasteiger partial charge in [0.1, 0.15) is 5.82 Å². The number of ether oxygens (including phenoxy) is 1. The van der Waals surface area contributed by atoms with E-state index in [0.29, 0.717) is 0 Å². The fraction of sp³-hybridized carbons (Fsp3) is 0.667. The van der Waals surface area contributed by atoms with Crippen molar-refractivity contribution in [2.75, 3.05) is 59.0 Å². The van der Waals surface area contributed by atoms with E-state index in [-0.39, 0.29) is 0 Å². The standard InChI is InChI=1S/C21H33N7O/c1-2-22-21(27-11-8-18(17-27)16-26-12-14-29-15-13-26)23-9-5-7-20-25-24-19-6-3-4-10-28(19)20/h3-4,6,10,18H,2,5,7-9,11-17H2,1H3,(H,22,23). The number of aromatic nitrogens is 3. The van der Waals surface area contributed by atoms with Crippen molar-refractivity contribution in [2.45, 2.75) is 26.2 Å². The predicted molar refractivity (Wildman–Crippen MR) is 114 cm³/mol. The summed E-state index contributed by atoms with van der Waals surface area (Å²) in [7, 11) is 0. The van der Waals surface area contributed by atoms with Crippen molar-refractivity contribution in [3.63, 3.8) is 0 Å². The first kappa shape index (κ1) is 20.1. The maximum atomic E-state index is 5.47. The van der Waals surface area contributed by atoms with Gasteiger partial charge in [0.25, 0.3) is 0 Å². The van der Waals surface area contributed by atoms with E-state index >= 15 is 0 Å². The topological polar surface area (TPSA) is 70.3 Å². The zero-order valence-electron chi connectivity index (χ0n) is 17.5. The molecule has 2 saturated heterocycles. The zero-order valence-corrected chi connectivity index (χ0v) is 17.5. The molecule has 2 aliphatic heterocycles. The quantitative estimate of drug-likeness (QED) is 0.430. The van der Waals surface area contributed by atoms with E-state index in [1.54, 1.807) is 0 Å². The number of aliphatic imine (C=N–C) groups is 1. The molecule has 4 rings (SSSR count). The van der Waals surface area contributed by atoms with Crippen molar-refractivity contribution in [1.82, 2.24) is 29.7 Å². The highest BCUT2D eigenvalue weighted by Crippen LogP contribution is 2.18. The highest BCUT2D eigenvalue weighted by atomic mass is 16.5. The van der Waals surface area contributed by atoms with Crippen LogP contribution in [0, 0.1) is 5.92 Å². The third kappa shape index (κ3) is 5.25. The lowest BCUT2D eigenvalue weighted by Crippen LogP contribution is -2.42. The van der Waals surface area contributed by atoms with Crippen LogP contribution >= 0.6 is 0 Å². The molecule has 8 heteroatoms. The molecule has 1 unspecified atom stereocenters. The molecule has 158 valence electrons. The Morgan fingerprint density at radius 1 is 1.24 bits per heavy atom. The molecule has 0 amide bonds. The lowest BCUT2D eigenvalue weighted by Gasteiger charge is -2.29. The van der Waals surface area contributed by atoms with Crippen LogP contribution in [0.3, 0.4) is 0 Å². The first-order valence-corrected chi connectivity index (χ1v) is 11.0. The van der Waals surface area contributed by atoms with Gasteiger partial charge >= 0.3 is 0 Å². The Balaban J connectivity index is 1.27. The number of likely N-dealkylation sites (tertiary alicyclic amines) is 1. The maximum absolute atomic E-state index is 5.47. The molecule has 1 N–H and O–H groups in total. The molecule has 0 spiro atoms. The van der Waals surface area contributed by atoms with Crippen molar-refractivity contribution in [2.24, 2.45) is 10.9 Å².